The standard InChI is InChI=1S/C15H28N2S/c1-3-7-17(15-6-8-18-11(15)2)14-9-12-4-5-13(10-14)16-12/h11-16H,3-10H2,1-2H3. The number of nitrogens with zero attached hydrogens (tertiary/aromatic N) is 1. The first-order chi connectivity index (χ1) is 8.78. The summed E-state index contributed by atoms with van der Waals surface area (Å²) in [5.41, 5.74) is 0. The average molecular weight is 268 g/mol. The van der Waals surface area contributed by atoms with Gasteiger partial charge in [-0.25, -0.2) is 0 Å². The lowest BCUT2D eigenvalue weighted by molar-refractivity contribution is 0.0947. The smallest absolute Gasteiger partial charge is 0.0222 e. The van der Waals surface area contributed by atoms with Gasteiger partial charge in [-0.1, -0.05) is 13.8 Å². The molecule has 3 heterocycles. The summed E-state index contributed by atoms with van der Waals surface area (Å²) in [6.07, 6.45) is 8.40. The van der Waals surface area contributed by atoms with Gasteiger partial charge in [0.25, 0.3) is 0 Å². The minimum Gasteiger partial charge on any atom is -0.311 e. The molecule has 3 saturated heterocycles. The number of fused-ring (bicyclic) bond motifs is 2. The minimum atomic E-state index is 0.831. The maximum Gasteiger partial charge on any atom is 0.0222 e. The predicted octanol–water partition coefficient (Wildman–Crippen LogP) is 2.88. The number of thioether (sulfide) groups is 1. The average Bonchev–Trinajstić information content (AvgIpc) is 2.93. The van der Waals surface area contributed by atoms with Gasteiger partial charge in [0.05, 0.1) is 0 Å². The second-order valence-electron chi connectivity index (χ2n) is 6.43. The van der Waals surface area contributed by atoms with Crippen molar-refractivity contribution in [2.24, 2.45) is 0 Å². The molecule has 0 aromatic heterocycles. The van der Waals surface area contributed by atoms with Crippen LogP contribution in [0.3, 0.4) is 0 Å². The van der Waals surface area contributed by atoms with Gasteiger partial charge in [-0.3, -0.25) is 4.90 Å². The Hall–Kier alpha value is 0.270. The Bertz CT molecular complexity index is 272. The number of hydrogen-bond acceptors (Lipinski definition) is 3. The van der Waals surface area contributed by atoms with Crippen LogP contribution in [0.2, 0.25) is 0 Å². The lowest BCUT2D eigenvalue weighted by Gasteiger charge is -2.42. The molecule has 18 heavy (non-hydrogen) atoms. The molecular weight excluding hydrogens is 240 g/mol. The summed E-state index contributed by atoms with van der Waals surface area (Å²) in [6, 6.07) is 3.39. The van der Waals surface area contributed by atoms with E-state index in [2.05, 4.69) is 35.8 Å². The molecule has 2 nitrogen and oxygen atoms in total. The van der Waals surface area contributed by atoms with E-state index in [1.807, 2.05) is 0 Å². The molecule has 3 aliphatic rings. The minimum absolute atomic E-state index is 0.831. The van der Waals surface area contributed by atoms with Crippen LogP contribution in [0.1, 0.15) is 52.4 Å². The van der Waals surface area contributed by atoms with E-state index >= 15 is 0 Å². The zero-order valence-corrected chi connectivity index (χ0v) is 12.7. The molecule has 0 aromatic rings. The summed E-state index contributed by atoms with van der Waals surface area (Å²) in [4.78, 5) is 2.90. The van der Waals surface area contributed by atoms with Gasteiger partial charge < -0.3 is 5.32 Å². The molecule has 3 heteroatoms. The van der Waals surface area contributed by atoms with E-state index in [4.69, 9.17) is 0 Å². The van der Waals surface area contributed by atoms with Gasteiger partial charge in [0.15, 0.2) is 0 Å². The number of rotatable bonds is 4. The van der Waals surface area contributed by atoms with Gasteiger partial charge in [-0.15, -0.1) is 0 Å². The molecule has 104 valence electrons. The van der Waals surface area contributed by atoms with Crippen LogP contribution in [-0.2, 0) is 0 Å². The summed E-state index contributed by atoms with van der Waals surface area (Å²) in [5, 5.41) is 4.64. The van der Waals surface area contributed by atoms with Gasteiger partial charge in [-0.05, 0) is 50.8 Å². The second kappa shape index (κ2) is 5.72. The molecule has 2 bridgehead atoms. The zero-order chi connectivity index (χ0) is 12.5. The molecule has 0 amide bonds. The fourth-order valence-electron chi connectivity index (χ4n) is 4.33. The van der Waals surface area contributed by atoms with Gasteiger partial charge in [0, 0.05) is 29.4 Å². The topological polar surface area (TPSA) is 15.3 Å². The Balaban J connectivity index is 1.69. The summed E-state index contributed by atoms with van der Waals surface area (Å²) in [6.45, 7) is 6.11. The van der Waals surface area contributed by atoms with Crippen molar-refractivity contribution < 1.29 is 0 Å². The quantitative estimate of drug-likeness (QED) is 0.844. The van der Waals surface area contributed by atoms with E-state index < -0.39 is 0 Å². The first-order valence-electron chi connectivity index (χ1n) is 7.91. The van der Waals surface area contributed by atoms with Crippen molar-refractivity contribution in [2.75, 3.05) is 12.3 Å². The third-order valence-electron chi connectivity index (χ3n) is 5.16. The van der Waals surface area contributed by atoms with E-state index in [-0.39, 0.29) is 0 Å². The maximum atomic E-state index is 3.79. The van der Waals surface area contributed by atoms with E-state index in [1.165, 1.54) is 50.8 Å². The maximum absolute atomic E-state index is 3.79. The van der Waals surface area contributed by atoms with E-state index in [0.717, 1.165) is 29.4 Å². The normalized spacial score (nSPS) is 43.8. The molecule has 0 radical (unpaired) electrons. The van der Waals surface area contributed by atoms with Gasteiger partial charge in [0.1, 0.15) is 0 Å². The van der Waals surface area contributed by atoms with Gasteiger partial charge >= 0.3 is 0 Å². The summed E-state index contributed by atoms with van der Waals surface area (Å²) in [7, 11) is 0. The molecule has 3 rings (SSSR count). The third-order valence-corrected chi connectivity index (χ3v) is 6.47. The molecule has 0 saturated carbocycles. The fourth-order valence-corrected chi connectivity index (χ4v) is 5.60. The number of nitrogens with one attached hydrogen (secondary N) is 1. The van der Waals surface area contributed by atoms with Crippen LogP contribution >= 0.6 is 11.8 Å². The molecule has 3 aliphatic heterocycles. The summed E-state index contributed by atoms with van der Waals surface area (Å²) >= 11 is 2.18. The summed E-state index contributed by atoms with van der Waals surface area (Å²) < 4.78 is 0. The van der Waals surface area contributed by atoms with E-state index in [1.54, 1.807) is 0 Å². The SMILES string of the molecule is CCCN(C1CC2CCC(C1)N2)C1CCSC1C. The van der Waals surface area contributed by atoms with Gasteiger partial charge in [0.2, 0.25) is 0 Å². The molecule has 4 unspecified atom stereocenters. The predicted molar refractivity (Wildman–Crippen MR) is 80.3 cm³/mol. The first kappa shape index (κ1) is 13.3. The lowest BCUT2D eigenvalue weighted by atomic mass is 9.95. The molecule has 1 N–H and O–H groups in total. The van der Waals surface area contributed by atoms with Crippen molar-refractivity contribution >= 4 is 11.8 Å². The van der Waals surface area contributed by atoms with Crippen molar-refractivity contribution in [3.8, 4) is 0 Å². The fraction of sp³-hybridized carbons (Fsp3) is 1.00. The van der Waals surface area contributed by atoms with Crippen molar-refractivity contribution in [3.05, 3.63) is 0 Å². The third kappa shape index (κ3) is 2.59. The Morgan fingerprint density at radius 2 is 1.89 bits per heavy atom. The van der Waals surface area contributed by atoms with Crippen LogP contribution in [0.15, 0.2) is 0 Å². The highest BCUT2D eigenvalue weighted by Crippen LogP contribution is 2.36. The number of hydrogen-bond donors (Lipinski definition) is 1. The molecule has 3 fully saturated rings. The molecule has 0 aliphatic carbocycles. The van der Waals surface area contributed by atoms with Crippen LogP contribution < -0.4 is 5.32 Å². The largest absolute Gasteiger partial charge is 0.311 e. The second-order valence-corrected chi connectivity index (χ2v) is 7.92. The van der Waals surface area contributed by atoms with E-state index in [0.29, 0.717) is 0 Å². The summed E-state index contributed by atoms with van der Waals surface area (Å²) in [5.74, 6) is 1.38. The molecular formula is C15H28N2S. The Morgan fingerprint density at radius 1 is 1.17 bits per heavy atom. The number of piperidine rings is 1. The van der Waals surface area contributed by atoms with Crippen molar-refractivity contribution in [1.29, 1.82) is 0 Å². The molecule has 0 aromatic carbocycles. The monoisotopic (exact) mass is 268 g/mol. The van der Waals surface area contributed by atoms with Crippen LogP contribution in [0.25, 0.3) is 0 Å². The Labute approximate surface area is 116 Å². The first-order valence-corrected chi connectivity index (χ1v) is 8.96. The zero-order valence-electron chi connectivity index (χ0n) is 11.9. The van der Waals surface area contributed by atoms with E-state index in [9.17, 15) is 0 Å². The van der Waals surface area contributed by atoms with Crippen LogP contribution in [0.4, 0.5) is 0 Å². The Kier molecular flexibility index (Phi) is 4.21. The highest BCUT2D eigenvalue weighted by atomic mass is 32.2. The van der Waals surface area contributed by atoms with Crippen LogP contribution in [0, 0.1) is 0 Å². The highest BCUT2D eigenvalue weighted by Gasteiger charge is 2.40. The van der Waals surface area contributed by atoms with Crippen LogP contribution in [0.5, 0.6) is 0 Å². The Morgan fingerprint density at radius 3 is 2.44 bits per heavy atom. The van der Waals surface area contributed by atoms with Crippen molar-refractivity contribution in [1.82, 2.24) is 10.2 Å². The molecule has 4 atom stereocenters. The van der Waals surface area contributed by atoms with Crippen molar-refractivity contribution in [2.45, 2.75) is 81.8 Å². The lowest BCUT2D eigenvalue weighted by Crippen LogP contribution is -2.53. The highest BCUT2D eigenvalue weighted by molar-refractivity contribution is 8.00. The van der Waals surface area contributed by atoms with Crippen molar-refractivity contribution in [3.63, 3.8) is 0 Å². The molecule has 0 spiro atoms. The van der Waals surface area contributed by atoms with Crippen LogP contribution in [-0.4, -0.2) is 46.6 Å². The van der Waals surface area contributed by atoms with Gasteiger partial charge in [-0.2, -0.15) is 11.8 Å².